The van der Waals surface area contributed by atoms with Gasteiger partial charge in [-0.2, -0.15) is 0 Å². The molecule has 1 heterocycles. The highest BCUT2D eigenvalue weighted by molar-refractivity contribution is 4.78. The summed E-state index contributed by atoms with van der Waals surface area (Å²) in [6, 6.07) is 0.788. The molecule has 2 heteroatoms. The molecule has 1 rings (SSSR count). The van der Waals surface area contributed by atoms with Crippen LogP contribution in [0.2, 0.25) is 0 Å². The number of unbranched alkanes of at least 4 members (excludes halogenated alkanes) is 7. The fraction of sp³-hybridized carbons (Fsp3) is 1.00. The highest BCUT2D eigenvalue weighted by Crippen LogP contribution is 2.22. The van der Waals surface area contributed by atoms with Crippen molar-refractivity contribution in [1.82, 2.24) is 4.90 Å². The molecule has 1 fully saturated rings. The molecule has 1 saturated heterocycles. The van der Waals surface area contributed by atoms with Crippen molar-refractivity contribution in [2.75, 3.05) is 13.1 Å². The minimum absolute atomic E-state index is 0.0356. The lowest BCUT2D eigenvalue weighted by atomic mass is 9.96. The number of nitrogens with zero attached hydrogens (tertiary/aromatic N) is 1. The highest BCUT2D eigenvalue weighted by Gasteiger charge is 2.23. The van der Waals surface area contributed by atoms with Crippen molar-refractivity contribution in [3.05, 3.63) is 0 Å². The van der Waals surface area contributed by atoms with E-state index in [-0.39, 0.29) is 6.10 Å². The van der Waals surface area contributed by atoms with Crippen molar-refractivity contribution >= 4 is 0 Å². The number of piperidine rings is 1. The molecule has 0 bridgehead atoms. The average molecular weight is 298 g/mol. The molecule has 126 valence electrons. The van der Waals surface area contributed by atoms with Gasteiger partial charge >= 0.3 is 0 Å². The Kier molecular flexibility index (Phi) is 11.3. The molecule has 0 radical (unpaired) electrons. The SMILES string of the molecule is CCCCCCCC(CCCCCC)N1CCC(O)CC1. The summed E-state index contributed by atoms with van der Waals surface area (Å²) in [5.41, 5.74) is 0. The Bertz CT molecular complexity index is 224. The lowest BCUT2D eigenvalue weighted by Gasteiger charge is -2.36. The van der Waals surface area contributed by atoms with Gasteiger partial charge in [-0.1, -0.05) is 71.6 Å². The first kappa shape index (κ1) is 19.0. The maximum Gasteiger partial charge on any atom is 0.0564 e. The standard InChI is InChI=1S/C19H39NO/c1-3-5-7-9-11-13-18(12-10-8-6-4-2)20-16-14-19(21)15-17-20/h18-19,21H,3-17H2,1-2H3. The van der Waals surface area contributed by atoms with E-state index in [4.69, 9.17) is 0 Å². The van der Waals surface area contributed by atoms with Crippen LogP contribution in [0.3, 0.4) is 0 Å². The number of rotatable bonds is 12. The lowest BCUT2D eigenvalue weighted by molar-refractivity contribution is 0.0546. The Morgan fingerprint density at radius 1 is 0.810 bits per heavy atom. The predicted octanol–water partition coefficient (Wildman–Crippen LogP) is 5.14. The van der Waals surface area contributed by atoms with Gasteiger partial charge in [0.05, 0.1) is 6.10 Å². The summed E-state index contributed by atoms with van der Waals surface area (Å²) in [4.78, 5) is 2.68. The second-order valence-electron chi connectivity index (χ2n) is 6.97. The molecule has 0 aromatic heterocycles. The average Bonchev–Trinajstić information content (AvgIpc) is 2.50. The number of hydrogen-bond acceptors (Lipinski definition) is 2. The van der Waals surface area contributed by atoms with E-state index in [0.29, 0.717) is 0 Å². The van der Waals surface area contributed by atoms with Crippen LogP contribution in [0, 0.1) is 0 Å². The van der Waals surface area contributed by atoms with Crippen LogP contribution in [0.25, 0.3) is 0 Å². The van der Waals surface area contributed by atoms with Gasteiger partial charge in [-0.05, 0) is 25.7 Å². The molecule has 1 unspecified atom stereocenters. The monoisotopic (exact) mass is 297 g/mol. The Balaban J connectivity index is 2.27. The van der Waals surface area contributed by atoms with Crippen LogP contribution < -0.4 is 0 Å². The predicted molar refractivity (Wildman–Crippen MR) is 92.7 cm³/mol. The van der Waals surface area contributed by atoms with Crippen LogP contribution in [0.1, 0.15) is 97.3 Å². The normalized spacial score (nSPS) is 19.0. The van der Waals surface area contributed by atoms with E-state index in [2.05, 4.69) is 18.7 Å². The molecule has 0 amide bonds. The number of hydrogen-bond donors (Lipinski definition) is 1. The minimum Gasteiger partial charge on any atom is -0.393 e. The molecule has 0 aromatic carbocycles. The molecule has 0 aliphatic carbocycles. The van der Waals surface area contributed by atoms with Crippen LogP contribution in [-0.4, -0.2) is 35.2 Å². The van der Waals surface area contributed by atoms with Crippen molar-refractivity contribution in [1.29, 1.82) is 0 Å². The van der Waals surface area contributed by atoms with E-state index >= 15 is 0 Å². The number of aliphatic hydroxyl groups is 1. The minimum atomic E-state index is -0.0356. The third-order valence-corrected chi connectivity index (χ3v) is 5.05. The maximum atomic E-state index is 9.70. The van der Waals surface area contributed by atoms with Gasteiger partial charge in [0.15, 0.2) is 0 Å². The van der Waals surface area contributed by atoms with Crippen molar-refractivity contribution in [3.63, 3.8) is 0 Å². The van der Waals surface area contributed by atoms with Gasteiger partial charge in [0.25, 0.3) is 0 Å². The third kappa shape index (κ3) is 8.83. The van der Waals surface area contributed by atoms with Gasteiger partial charge in [-0.15, -0.1) is 0 Å². The zero-order chi connectivity index (χ0) is 15.3. The summed E-state index contributed by atoms with van der Waals surface area (Å²) in [5, 5.41) is 9.70. The number of aliphatic hydroxyl groups excluding tert-OH is 1. The molecule has 1 aliphatic rings. The highest BCUT2D eigenvalue weighted by atomic mass is 16.3. The maximum absolute atomic E-state index is 9.70. The third-order valence-electron chi connectivity index (χ3n) is 5.05. The fourth-order valence-electron chi connectivity index (χ4n) is 3.55. The number of likely N-dealkylation sites (tertiary alicyclic amines) is 1. The van der Waals surface area contributed by atoms with E-state index < -0.39 is 0 Å². The molecule has 2 nitrogen and oxygen atoms in total. The van der Waals surface area contributed by atoms with E-state index in [0.717, 1.165) is 32.0 Å². The molecule has 21 heavy (non-hydrogen) atoms. The van der Waals surface area contributed by atoms with Crippen LogP contribution in [0.4, 0.5) is 0 Å². The first-order valence-electron chi connectivity index (χ1n) is 9.70. The summed E-state index contributed by atoms with van der Waals surface area (Å²) in [7, 11) is 0. The lowest BCUT2D eigenvalue weighted by Crippen LogP contribution is -2.42. The topological polar surface area (TPSA) is 23.5 Å². The first-order chi connectivity index (χ1) is 10.3. The van der Waals surface area contributed by atoms with E-state index in [1.807, 2.05) is 0 Å². The fourth-order valence-corrected chi connectivity index (χ4v) is 3.55. The Labute approximate surface area is 133 Å². The van der Waals surface area contributed by atoms with Gasteiger partial charge in [0.2, 0.25) is 0 Å². The molecule has 1 aliphatic heterocycles. The van der Waals surface area contributed by atoms with Crippen molar-refractivity contribution < 1.29 is 5.11 Å². The van der Waals surface area contributed by atoms with Crippen LogP contribution >= 0.6 is 0 Å². The van der Waals surface area contributed by atoms with Gasteiger partial charge in [0, 0.05) is 19.1 Å². The second-order valence-corrected chi connectivity index (χ2v) is 6.97. The molecule has 1 N–H and O–H groups in total. The summed E-state index contributed by atoms with van der Waals surface area (Å²) in [5.74, 6) is 0. The Hall–Kier alpha value is -0.0800. The zero-order valence-electron chi connectivity index (χ0n) is 14.7. The Morgan fingerprint density at radius 3 is 1.81 bits per heavy atom. The van der Waals surface area contributed by atoms with E-state index in [9.17, 15) is 5.11 Å². The van der Waals surface area contributed by atoms with E-state index in [1.54, 1.807) is 0 Å². The summed E-state index contributed by atoms with van der Waals surface area (Å²) < 4.78 is 0. The van der Waals surface area contributed by atoms with Gasteiger partial charge < -0.3 is 10.0 Å². The van der Waals surface area contributed by atoms with Gasteiger partial charge in [-0.3, -0.25) is 0 Å². The summed E-state index contributed by atoms with van der Waals surface area (Å²) in [6.45, 7) is 6.82. The first-order valence-corrected chi connectivity index (χ1v) is 9.70. The molecule has 1 atom stereocenters. The van der Waals surface area contributed by atoms with Gasteiger partial charge in [-0.25, -0.2) is 0 Å². The smallest absolute Gasteiger partial charge is 0.0564 e. The Morgan fingerprint density at radius 2 is 1.29 bits per heavy atom. The van der Waals surface area contributed by atoms with Crippen molar-refractivity contribution in [2.45, 2.75) is 109 Å². The summed E-state index contributed by atoms with van der Waals surface area (Å²) in [6.07, 6.45) is 17.2. The summed E-state index contributed by atoms with van der Waals surface area (Å²) >= 11 is 0. The molecular formula is C19H39NO. The van der Waals surface area contributed by atoms with Crippen LogP contribution in [-0.2, 0) is 0 Å². The van der Waals surface area contributed by atoms with Crippen molar-refractivity contribution in [2.24, 2.45) is 0 Å². The molecular weight excluding hydrogens is 258 g/mol. The van der Waals surface area contributed by atoms with Gasteiger partial charge in [0.1, 0.15) is 0 Å². The van der Waals surface area contributed by atoms with Crippen LogP contribution in [0.5, 0.6) is 0 Å². The zero-order valence-corrected chi connectivity index (χ0v) is 14.7. The molecule has 0 saturated carbocycles. The van der Waals surface area contributed by atoms with Crippen LogP contribution in [0.15, 0.2) is 0 Å². The van der Waals surface area contributed by atoms with E-state index in [1.165, 1.54) is 70.6 Å². The second kappa shape index (κ2) is 12.5. The molecule has 0 spiro atoms. The largest absolute Gasteiger partial charge is 0.393 e. The van der Waals surface area contributed by atoms with Crippen molar-refractivity contribution in [3.8, 4) is 0 Å². The molecule has 0 aromatic rings. The quantitative estimate of drug-likeness (QED) is 0.504.